The van der Waals surface area contributed by atoms with Gasteiger partial charge in [0, 0.05) is 24.8 Å². The van der Waals surface area contributed by atoms with Crippen molar-refractivity contribution < 1.29 is 41.6 Å². The normalized spacial score (nSPS) is 13.7. The zero-order valence-corrected chi connectivity index (χ0v) is 21.1. The Hall–Kier alpha value is -2.50. The van der Waals surface area contributed by atoms with Crippen molar-refractivity contribution in [3.05, 3.63) is 35.9 Å². The Morgan fingerprint density at radius 1 is 1.09 bits per heavy atom. The van der Waals surface area contributed by atoms with Crippen LogP contribution in [0.5, 0.6) is 0 Å². The van der Waals surface area contributed by atoms with E-state index in [1.165, 1.54) is 20.8 Å². The molecule has 192 valence electrons. The van der Waals surface area contributed by atoms with Gasteiger partial charge in [-0.2, -0.15) is 8.42 Å². The van der Waals surface area contributed by atoms with Crippen molar-refractivity contribution in [2.24, 2.45) is 11.3 Å². The molecule has 11 heteroatoms. The number of amides is 1. The van der Waals surface area contributed by atoms with Crippen LogP contribution in [0, 0.1) is 11.3 Å². The largest absolute Gasteiger partial charge is 0.425 e. The maximum atomic E-state index is 12.5. The molecular weight excluding hydrogens is 466 g/mol. The lowest BCUT2D eigenvalue weighted by molar-refractivity contribution is -0.205. The van der Waals surface area contributed by atoms with Gasteiger partial charge in [0.1, 0.15) is 0 Å². The molecular formula is C23H35NO9S. The van der Waals surface area contributed by atoms with Gasteiger partial charge in [0.15, 0.2) is 6.10 Å². The van der Waals surface area contributed by atoms with Crippen LogP contribution in [-0.4, -0.2) is 62.7 Å². The summed E-state index contributed by atoms with van der Waals surface area (Å²) in [5, 5.41) is 13.0. The Labute approximate surface area is 201 Å². The molecule has 0 spiro atoms. The van der Waals surface area contributed by atoms with Crippen LogP contribution in [0.4, 0.5) is 0 Å². The second kappa shape index (κ2) is 13.4. The molecule has 0 bridgehead atoms. The Morgan fingerprint density at radius 2 is 1.71 bits per heavy atom. The molecule has 34 heavy (non-hydrogen) atoms. The number of esters is 2. The van der Waals surface area contributed by atoms with Crippen molar-refractivity contribution >= 4 is 28.0 Å². The minimum Gasteiger partial charge on any atom is -0.425 e. The molecule has 1 amide bonds. The molecule has 0 radical (unpaired) electrons. The number of carbonyl (C=O) groups is 3. The van der Waals surface area contributed by atoms with Gasteiger partial charge >= 0.3 is 11.9 Å². The monoisotopic (exact) mass is 501 g/mol. The van der Waals surface area contributed by atoms with Gasteiger partial charge in [-0.1, -0.05) is 58.0 Å². The molecule has 1 aromatic rings. The summed E-state index contributed by atoms with van der Waals surface area (Å²) in [5.41, 5.74) is -0.588. The van der Waals surface area contributed by atoms with Crippen LogP contribution in [0.2, 0.25) is 0 Å². The first-order valence-electron chi connectivity index (χ1n) is 11.0. The predicted molar refractivity (Wildman–Crippen MR) is 124 cm³/mol. The van der Waals surface area contributed by atoms with E-state index in [-0.39, 0.29) is 37.0 Å². The molecule has 0 aliphatic heterocycles. The van der Waals surface area contributed by atoms with E-state index in [9.17, 15) is 27.9 Å². The van der Waals surface area contributed by atoms with E-state index in [1.807, 2.05) is 6.07 Å². The zero-order valence-electron chi connectivity index (χ0n) is 20.3. The molecule has 2 atom stereocenters. The highest BCUT2D eigenvalue weighted by Crippen LogP contribution is 2.25. The average Bonchev–Trinajstić information content (AvgIpc) is 2.75. The van der Waals surface area contributed by atoms with Crippen molar-refractivity contribution in [1.82, 2.24) is 5.32 Å². The molecule has 1 aromatic carbocycles. The molecule has 0 aliphatic rings. The molecule has 0 heterocycles. The average molecular weight is 502 g/mol. The van der Waals surface area contributed by atoms with E-state index in [4.69, 9.17) is 13.7 Å². The second-order valence-corrected chi connectivity index (χ2v) is 10.7. The van der Waals surface area contributed by atoms with Crippen molar-refractivity contribution in [2.45, 2.75) is 59.9 Å². The van der Waals surface area contributed by atoms with Gasteiger partial charge in [0.05, 0.1) is 18.8 Å². The summed E-state index contributed by atoms with van der Waals surface area (Å²) in [6.07, 6.45) is -2.83. The summed E-state index contributed by atoms with van der Waals surface area (Å²) in [5.74, 6) is -2.66. The number of hydrogen-bond acceptors (Lipinski definition) is 9. The highest BCUT2D eigenvalue weighted by molar-refractivity contribution is 7.86. The molecule has 1 rings (SSSR count). The zero-order chi connectivity index (χ0) is 25.9. The fourth-order valence-corrected chi connectivity index (χ4v) is 3.72. The Kier molecular flexibility index (Phi) is 11.6. The van der Waals surface area contributed by atoms with Gasteiger partial charge < -0.3 is 19.9 Å². The summed E-state index contributed by atoms with van der Waals surface area (Å²) in [6.45, 7) is 7.27. The second-order valence-electron chi connectivity index (χ2n) is 8.95. The lowest BCUT2D eigenvalue weighted by Gasteiger charge is -2.30. The number of nitrogens with one attached hydrogen (secondary N) is 1. The highest BCUT2D eigenvalue weighted by atomic mass is 32.2. The van der Waals surface area contributed by atoms with Crippen molar-refractivity contribution in [3.63, 3.8) is 0 Å². The van der Waals surface area contributed by atoms with Crippen LogP contribution in [0.15, 0.2) is 30.3 Å². The Morgan fingerprint density at radius 3 is 2.26 bits per heavy atom. The molecule has 2 N–H and O–H groups in total. The van der Waals surface area contributed by atoms with Gasteiger partial charge in [-0.25, -0.2) is 4.79 Å². The predicted octanol–water partition coefficient (Wildman–Crippen LogP) is 1.56. The van der Waals surface area contributed by atoms with Crippen LogP contribution >= 0.6 is 0 Å². The summed E-state index contributed by atoms with van der Waals surface area (Å²) in [7, 11) is -3.94. The van der Waals surface area contributed by atoms with E-state index in [2.05, 4.69) is 5.32 Å². The number of rotatable bonds is 14. The SMILES string of the molecule is CC(=O)NCCCS(=O)(=O)OCC(C)(C)[C@@H](O)C(=O)OC(OC(=O)Cc1ccccc1)C(C)C. The fraction of sp³-hybridized carbons (Fsp3) is 0.609. The number of aliphatic hydroxyl groups is 1. The number of carbonyl (C=O) groups excluding carboxylic acids is 3. The minimum atomic E-state index is -3.94. The molecule has 0 saturated heterocycles. The first kappa shape index (κ1) is 29.5. The maximum Gasteiger partial charge on any atom is 0.338 e. The number of ether oxygens (including phenoxy) is 2. The Balaban J connectivity index is 2.64. The lowest BCUT2D eigenvalue weighted by Crippen LogP contribution is -2.44. The molecule has 0 aromatic heterocycles. The molecule has 0 fully saturated rings. The van der Waals surface area contributed by atoms with Crippen LogP contribution in [-0.2, 0) is 44.6 Å². The molecule has 0 aliphatic carbocycles. The molecule has 10 nitrogen and oxygen atoms in total. The van der Waals surface area contributed by atoms with Gasteiger partial charge in [0.25, 0.3) is 10.1 Å². The summed E-state index contributed by atoms with van der Waals surface area (Å²) in [4.78, 5) is 35.6. The number of aliphatic hydroxyl groups excluding tert-OH is 1. The smallest absolute Gasteiger partial charge is 0.338 e. The summed E-state index contributed by atoms with van der Waals surface area (Å²) < 4.78 is 39.6. The molecule has 0 saturated carbocycles. The first-order chi connectivity index (χ1) is 15.7. The fourth-order valence-electron chi connectivity index (χ4n) is 2.62. The third kappa shape index (κ3) is 11.1. The van der Waals surface area contributed by atoms with Crippen LogP contribution in [0.3, 0.4) is 0 Å². The van der Waals surface area contributed by atoms with Crippen molar-refractivity contribution in [2.75, 3.05) is 18.9 Å². The quantitative estimate of drug-likeness (QED) is 0.168. The first-order valence-corrected chi connectivity index (χ1v) is 12.5. The van der Waals surface area contributed by atoms with Crippen LogP contribution in [0.25, 0.3) is 0 Å². The lowest BCUT2D eigenvalue weighted by atomic mass is 9.87. The maximum absolute atomic E-state index is 12.5. The third-order valence-electron chi connectivity index (χ3n) is 4.73. The van der Waals surface area contributed by atoms with E-state index < -0.39 is 46.5 Å². The van der Waals surface area contributed by atoms with E-state index >= 15 is 0 Å². The number of benzene rings is 1. The van der Waals surface area contributed by atoms with Gasteiger partial charge in [0.2, 0.25) is 12.2 Å². The van der Waals surface area contributed by atoms with Crippen molar-refractivity contribution in [1.29, 1.82) is 0 Å². The van der Waals surface area contributed by atoms with E-state index in [1.54, 1.807) is 38.1 Å². The molecule has 1 unspecified atom stereocenters. The highest BCUT2D eigenvalue weighted by Gasteiger charge is 2.38. The topological polar surface area (TPSA) is 145 Å². The summed E-state index contributed by atoms with van der Waals surface area (Å²) >= 11 is 0. The van der Waals surface area contributed by atoms with Crippen LogP contribution in [0.1, 0.15) is 46.6 Å². The van der Waals surface area contributed by atoms with Crippen LogP contribution < -0.4 is 5.32 Å². The van der Waals surface area contributed by atoms with Crippen molar-refractivity contribution in [3.8, 4) is 0 Å². The van der Waals surface area contributed by atoms with Gasteiger partial charge in [-0.3, -0.25) is 13.8 Å². The minimum absolute atomic E-state index is 0.0106. The van der Waals surface area contributed by atoms with Gasteiger partial charge in [-0.15, -0.1) is 0 Å². The Bertz CT molecular complexity index is 914. The standard InChI is InChI=1S/C23H35NO9S/c1-16(2)22(32-19(26)14-18-10-7-6-8-11-18)33-21(28)20(27)23(4,5)15-31-34(29,30)13-9-12-24-17(3)25/h6-8,10-11,16,20,22,27H,9,12-15H2,1-5H3,(H,24,25)/t20-,22?/m0/s1. The number of hydrogen-bond donors (Lipinski definition) is 2. The van der Waals surface area contributed by atoms with E-state index in [0.717, 1.165) is 5.56 Å². The van der Waals surface area contributed by atoms with Gasteiger partial charge in [-0.05, 0) is 12.0 Å². The summed E-state index contributed by atoms with van der Waals surface area (Å²) in [6, 6.07) is 8.91. The van der Waals surface area contributed by atoms with E-state index in [0.29, 0.717) is 0 Å². The third-order valence-corrected chi connectivity index (χ3v) is 6.00.